The summed E-state index contributed by atoms with van der Waals surface area (Å²) in [6.45, 7) is 3.29. The van der Waals surface area contributed by atoms with Gasteiger partial charge in [-0.3, -0.25) is 4.79 Å². The van der Waals surface area contributed by atoms with Gasteiger partial charge >= 0.3 is 5.97 Å². The van der Waals surface area contributed by atoms with Gasteiger partial charge in [0.25, 0.3) is 0 Å². The molecule has 0 heterocycles. The van der Waals surface area contributed by atoms with Crippen LogP contribution < -0.4 is 15.2 Å². The molecule has 0 aliphatic carbocycles. The number of hydrogen-bond donors (Lipinski definition) is 2. The number of hydrogen-bond acceptors (Lipinski definition) is 5. The van der Waals surface area contributed by atoms with Gasteiger partial charge in [-0.05, 0) is 30.7 Å². The lowest BCUT2D eigenvalue weighted by Crippen LogP contribution is -2.32. The van der Waals surface area contributed by atoms with Gasteiger partial charge in [-0.25, -0.2) is 0 Å². The molecule has 1 aromatic rings. The third kappa shape index (κ3) is 6.68. The van der Waals surface area contributed by atoms with E-state index in [1.807, 2.05) is 24.3 Å². The van der Waals surface area contributed by atoms with Gasteiger partial charge in [-0.2, -0.15) is 11.8 Å². The smallest absolute Gasteiger partial charge is 0.321 e. The average Bonchev–Trinajstić information content (AvgIpc) is 2.45. The zero-order valence-corrected chi connectivity index (χ0v) is 12.4. The third-order valence-corrected chi connectivity index (χ3v) is 3.46. The van der Waals surface area contributed by atoms with E-state index in [9.17, 15) is 4.79 Å². The molecule has 0 bridgehead atoms. The average molecular weight is 299 g/mol. The van der Waals surface area contributed by atoms with Gasteiger partial charge in [0.2, 0.25) is 0 Å². The lowest BCUT2D eigenvalue weighted by molar-refractivity contribution is -0.137. The van der Waals surface area contributed by atoms with Crippen molar-refractivity contribution in [3.63, 3.8) is 0 Å². The van der Waals surface area contributed by atoms with Crippen molar-refractivity contribution in [2.45, 2.75) is 19.4 Å². The van der Waals surface area contributed by atoms with Crippen LogP contribution in [0, 0.1) is 0 Å². The van der Waals surface area contributed by atoms with Gasteiger partial charge in [0, 0.05) is 11.5 Å². The Kier molecular flexibility index (Phi) is 7.91. The maximum absolute atomic E-state index is 10.5. The van der Waals surface area contributed by atoms with E-state index >= 15 is 0 Å². The maximum atomic E-state index is 10.5. The van der Waals surface area contributed by atoms with E-state index in [0.29, 0.717) is 24.7 Å². The molecule has 0 saturated carbocycles. The van der Waals surface area contributed by atoms with E-state index in [1.165, 1.54) is 11.8 Å². The van der Waals surface area contributed by atoms with Crippen LogP contribution in [0.25, 0.3) is 0 Å². The Labute approximate surface area is 123 Å². The highest BCUT2D eigenvalue weighted by Gasteiger charge is 2.10. The van der Waals surface area contributed by atoms with Gasteiger partial charge in [0.05, 0.1) is 13.2 Å². The van der Waals surface area contributed by atoms with Crippen molar-refractivity contribution in [3.8, 4) is 11.5 Å². The summed E-state index contributed by atoms with van der Waals surface area (Å²) in [5, 5.41) is 8.62. The minimum absolute atomic E-state index is 0.391. The predicted octanol–water partition coefficient (Wildman–Crippen LogP) is 2.00. The van der Waals surface area contributed by atoms with E-state index in [4.69, 9.17) is 20.3 Å². The Morgan fingerprint density at radius 1 is 1.25 bits per heavy atom. The first-order valence-electron chi connectivity index (χ1n) is 6.55. The Morgan fingerprint density at radius 3 is 2.30 bits per heavy atom. The van der Waals surface area contributed by atoms with Crippen molar-refractivity contribution < 1.29 is 19.4 Å². The summed E-state index contributed by atoms with van der Waals surface area (Å²) in [6, 6.07) is 6.66. The summed E-state index contributed by atoms with van der Waals surface area (Å²) in [7, 11) is 0. The number of thioether (sulfide) groups is 1. The zero-order valence-electron chi connectivity index (χ0n) is 11.6. The fourth-order valence-corrected chi connectivity index (χ4v) is 2.12. The van der Waals surface area contributed by atoms with Crippen LogP contribution in [-0.2, 0) is 4.79 Å². The monoisotopic (exact) mass is 299 g/mol. The molecule has 112 valence electrons. The number of nitrogens with two attached hydrogens (primary N) is 1. The molecule has 0 saturated heterocycles. The lowest BCUT2D eigenvalue weighted by atomic mass is 10.3. The molecule has 0 radical (unpaired) electrons. The molecule has 0 aliphatic heterocycles. The predicted molar refractivity (Wildman–Crippen MR) is 80.7 cm³/mol. The van der Waals surface area contributed by atoms with Gasteiger partial charge in [-0.1, -0.05) is 6.92 Å². The van der Waals surface area contributed by atoms with E-state index in [-0.39, 0.29) is 0 Å². The molecular formula is C14H21NO4S. The van der Waals surface area contributed by atoms with Gasteiger partial charge in [0.1, 0.15) is 17.5 Å². The normalized spacial score (nSPS) is 11.9. The van der Waals surface area contributed by atoms with E-state index < -0.39 is 12.0 Å². The Bertz CT molecular complexity index is 397. The van der Waals surface area contributed by atoms with Crippen molar-refractivity contribution in [3.05, 3.63) is 24.3 Å². The summed E-state index contributed by atoms with van der Waals surface area (Å²) in [4.78, 5) is 10.5. The summed E-state index contributed by atoms with van der Waals surface area (Å²) in [5.74, 6) is 1.73. The number of aliphatic carboxylic acids is 1. The highest BCUT2D eigenvalue weighted by Crippen LogP contribution is 2.18. The van der Waals surface area contributed by atoms with Crippen LogP contribution in [0.5, 0.6) is 11.5 Å². The highest BCUT2D eigenvalue weighted by molar-refractivity contribution is 7.99. The van der Waals surface area contributed by atoms with Crippen LogP contribution in [0.3, 0.4) is 0 Å². The number of benzene rings is 1. The third-order valence-electron chi connectivity index (χ3n) is 2.41. The first kappa shape index (κ1) is 16.7. The first-order chi connectivity index (χ1) is 9.63. The molecule has 0 aliphatic rings. The molecule has 20 heavy (non-hydrogen) atoms. The van der Waals surface area contributed by atoms with E-state index in [1.54, 1.807) is 0 Å². The van der Waals surface area contributed by atoms with Crippen LogP contribution in [0.4, 0.5) is 0 Å². The molecule has 6 heteroatoms. The van der Waals surface area contributed by atoms with E-state index in [0.717, 1.165) is 17.9 Å². The van der Waals surface area contributed by atoms with Crippen molar-refractivity contribution in [1.29, 1.82) is 0 Å². The summed E-state index contributed by atoms with van der Waals surface area (Å²) < 4.78 is 11.0. The standard InChI is InChI=1S/C14H21NO4S/c1-2-7-18-11-3-5-12(6-4-11)19-8-9-20-10-13(15)14(16)17/h3-6,13H,2,7-10,15H2,1H3,(H,16,17). The topological polar surface area (TPSA) is 81.8 Å². The van der Waals surface area contributed by atoms with E-state index in [2.05, 4.69) is 6.92 Å². The molecule has 0 spiro atoms. The molecule has 5 nitrogen and oxygen atoms in total. The fourth-order valence-electron chi connectivity index (χ4n) is 1.35. The molecule has 1 unspecified atom stereocenters. The second-order valence-corrected chi connectivity index (χ2v) is 5.34. The van der Waals surface area contributed by atoms with Gasteiger partial charge in [0.15, 0.2) is 0 Å². The zero-order chi connectivity index (χ0) is 14.8. The highest BCUT2D eigenvalue weighted by atomic mass is 32.2. The Hall–Kier alpha value is -1.40. The SMILES string of the molecule is CCCOc1ccc(OCCSCC(N)C(=O)O)cc1. The molecule has 3 N–H and O–H groups in total. The number of ether oxygens (including phenoxy) is 2. The van der Waals surface area contributed by atoms with Crippen LogP contribution >= 0.6 is 11.8 Å². The fraction of sp³-hybridized carbons (Fsp3) is 0.500. The van der Waals surface area contributed by atoms with Crippen LogP contribution in [0.2, 0.25) is 0 Å². The summed E-state index contributed by atoms with van der Waals surface area (Å²) >= 11 is 1.47. The molecular weight excluding hydrogens is 278 g/mol. The maximum Gasteiger partial charge on any atom is 0.321 e. The largest absolute Gasteiger partial charge is 0.494 e. The second-order valence-electron chi connectivity index (χ2n) is 4.19. The number of carboxylic acids is 1. The second kappa shape index (κ2) is 9.50. The molecule has 1 rings (SSSR count). The molecule has 1 atom stereocenters. The van der Waals surface area contributed by atoms with Crippen molar-refractivity contribution in [1.82, 2.24) is 0 Å². The number of carboxylic acid groups (broad SMARTS) is 1. The van der Waals surface area contributed by atoms with Crippen molar-refractivity contribution >= 4 is 17.7 Å². The minimum Gasteiger partial charge on any atom is -0.494 e. The summed E-state index contributed by atoms with van der Waals surface area (Å²) in [5.41, 5.74) is 5.39. The quantitative estimate of drug-likeness (QED) is 0.643. The van der Waals surface area contributed by atoms with Gasteiger partial charge in [-0.15, -0.1) is 0 Å². The Balaban J connectivity index is 2.17. The Morgan fingerprint density at radius 2 is 1.80 bits per heavy atom. The molecule has 0 amide bonds. The minimum atomic E-state index is -0.971. The number of carbonyl (C=O) groups is 1. The molecule has 0 fully saturated rings. The van der Waals surface area contributed by atoms with Crippen molar-refractivity contribution in [2.75, 3.05) is 24.7 Å². The lowest BCUT2D eigenvalue weighted by Gasteiger charge is -2.09. The van der Waals surface area contributed by atoms with Gasteiger partial charge < -0.3 is 20.3 Å². The van der Waals surface area contributed by atoms with Crippen LogP contribution in [0.1, 0.15) is 13.3 Å². The molecule has 0 aromatic heterocycles. The molecule has 1 aromatic carbocycles. The summed E-state index contributed by atoms with van der Waals surface area (Å²) in [6.07, 6.45) is 0.980. The van der Waals surface area contributed by atoms with Crippen LogP contribution in [-0.4, -0.2) is 41.8 Å². The number of rotatable bonds is 10. The first-order valence-corrected chi connectivity index (χ1v) is 7.70. The van der Waals surface area contributed by atoms with Crippen molar-refractivity contribution in [2.24, 2.45) is 5.73 Å². The van der Waals surface area contributed by atoms with Crippen LogP contribution in [0.15, 0.2) is 24.3 Å².